The molecule has 7 heteroatoms. The molecule has 0 aliphatic carbocycles. The Hall–Kier alpha value is -3.49. The zero-order valence-corrected chi connectivity index (χ0v) is 28.1. The van der Waals surface area contributed by atoms with Crippen LogP contribution in [0.3, 0.4) is 0 Å². The van der Waals surface area contributed by atoms with Crippen molar-refractivity contribution in [2.75, 3.05) is 24.4 Å². The summed E-state index contributed by atoms with van der Waals surface area (Å²) in [7, 11) is 0. The minimum absolute atomic E-state index is 0.649. The highest BCUT2D eigenvalue weighted by molar-refractivity contribution is 7.79. The van der Waals surface area contributed by atoms with Crippen molar-refractivity contribution in [3.8, 4) is 41.4 Å². The molecule has 0 N–H and O–H groups in total. The molecule has 0 unspecified atom stereocenters. The van der Waals surface area contributed by atoms with Crippen LogP contribution in [-0.2, 0) is 0 Å². The first kappa shape index (κ1) is 31.0. The zero-order chi connectivity index (χ0) is 30.2. The molecular weight excluding hydrogens is 607 g/mol. The third kappa shape index (κ3) is 7.36. The molecule has 0 radical (unpaired) electrons. The lowest BCUT2D eigenvalue weighted by atomic mass is 10.1. The van der Waals surface area contributed by atoms with Crippen LogP contribution in [-0.4, -0.2) is 19.5 Å². The summed E-state index contributed by atoms with van der Waals surface area (Å²) in [5.41, 5.74) is 4.44. The maximum atomic E-state index is 5.69. The molecule has 3 aromatic carbocycles. The summed E-state index contributed by atoms with van der Waals surface area (Å²) in [5.74, 6) is 1.74. The molecule has 0 amide bonds. The Bertz CT molecular complexity index is 1670. The Morgan fingerprint density at radius 3 is 1.28 bits per heavy atom. The van der Waals surface area contributed by atoms with Crippen LogP contribution in [0.1, 0.15) is 18.7 Å². The van der Waals surface area contributed by atoms with Crippen molar-refractivity contribution in [3.05, 3.63) is 114 Å². The highest BCUT2D eigenvalue weighted by atomic mass is 32.1. The predicted octanol–water partition coefficient (Wildman–Crippen LogP) is 12.0. The van der Waals surface area contributed by atoms with Crippen LogP contribution in [0, 0.1) is 6.92 Å². The molecule has 3 heterocycles. The summed E-state index contributed by atoms with van der Waals surface area (Å²) >= 11 is 9.09. The lowest BCUT2D eigenvalue weighted by Crippen LogP contribution is -2.10. The summed E-state index contributed by atoms with van der Waals surface area (Å²) < 4.78 is 11.4. The Morgan fingerprint density at radius 2 is 0.860 bits per heavy atom. The third-order valence-electron chi connectivity index (χ3n) is 6.66. The van der Waals surface area contributed by atoms with Crippen LogP contribution in [0.4, 0.5) is 17.1 Å². The molecule has 43 heavy (non-hydrogen) atoms. The van der Waals surface area contributed by atoms with E-state index in [4.69, 9.17) is 9.47 Å². The van der Waals surface area contributed by atoms with Gasteiger partial charge in [-0.05, 0) is 130 Å². The van der Waals surface area contributed by atoms with Gasteiger partial charge in [0.2, 0.25) is 0 Å². The van der Waals surface area contributed by atoms with E-state index in [0.29, 0.717) is 13.2 Å². The second kappa shape index (κ2) is 14.8. The van der Waals surface area contributed by atoms with Crippen LogP contribution in [0.5, 0.6) is 11.5 Å². The van der Waals surface area contributed by atoms with Gasteiger partial charge in [0.05, 0.1) is 13.2 Å². The van der Waals surface area contributed by atoms with Gasteiger partial charge < -0.3 is 14.4 Å². The Kier molecular flexibility index (Phi) is 10.7. The number of thiol groups is 1. The number of ether oxygens (including phenoxy) is 2. The van der Waals surface area contributed by atoms with E-state index in [0.717, 1.165) is 28.6 Å². The van der Waals surface area contributed by atoms with Gasteiger partial charge in [-0.3, -0.25) is 0 Å². The SMILES string of the molecule is CCOc1ccc(N(c2ccc(OCC)cc2)c2ccc(-c3ccc(-c4ccc(-c5ccc(C)s5)s4)s3)cc2)cc1.CS. The van der Waals surface area contributed by atoms with E-state index >= 15 is 0 Å². The maximum absolute atomic E-state index is 5.69. The van der Waals surface area contributed by atoms with Crippen molar-refractivity contribution < 1.29 is 9.47 Å². The minimum Gasteiger partial charge on any atom is -0.494 e. The lowest BCUT2D eigenvalue weighted by molar-refractivity contribution is 0.340. The molecule has 6 rings (SSSR count). The highest BCUT2D eigenvalue weighted by Gasteiger charge is 2.15. The molecule has 3 nitrogen and oxygen atoms in total. The zero-order valence-electron chi connectivity index (χ0n) is 24.7. The minimum atomic E-state index is 0.649. The number of benzene rings is 3. The molecule has 0 saturated carbocycles. The van der Waals surface area contributed by atoms with Gasteiger partial charge in [0.15, 0.2) is 0 Å². The van der Waals surface area contributed by atoms with Crippen LogP contribution < -0.4 is 14.4 Å². The topological polar surface area (TPSA) is 21.7 Å². The van der Waals surface area contributed by atoms with Crippen LogP contribution >= 0.6 is 46.6 Å². The number of rotatable bonds is 10. The maximum Gasteiger partial charge on any atom is 0.119 e. The fourth-order valence-corrected chi connectivity index (χ4v) is 7.80. The predicted molar refractivity (Wildman–Crippen MR) is 193 cm³/mol. The number of nitrogens with zero attached hydrogens (tertiary/aromatic N) is 1. The number of hydrogen-bond donors (Lipinski definition) is 1. The smallest absolute Gasteiger partial charge is 0.119 e. The van der Waals surface area contributed by atoms with Crippen LogP contribution in [0.25, 0.3) is 29.9 Å². The lowest BCUT2D eigenvalue weighted by Gasteiger charge is -2.26. The molecule has 6 aromatic rings. The molecule has 3 aromatic heterocycles. The average molecular weight is 642 g/mol. The van der Waals surface area contributed by atoms with Gasteiger partial charge in [-0.15, -0.1) is 34.0 Å². The second-order valence-electron chi connectivity index (χ2n) is 9.47. The monoisotopic (exact) mass is 641 g/mol. The highest BCUT2D eigenvalue weighted by Crippen LogP contribution is 2.43. The first-order valence-electron chi connectivity index (χ1n) is 14.2. The largest absolute Gasteiger partial charge is 0.494 e. The molecule has 0 bridgehead atoms. The standard InChI is InChI=1S/C35H31NO2S3.CH4S/c1-4-37-29-15-11-27(12-16-29)36(28-13-17-30(18-14-28)38-5-2)26-9-7-25(8-10-26)31-20-21-34(40-31)35-23-22-33(41-35)32-19-6-24(3)39-32;1-2/h6-23H,4-5H2,1-3H3;2H,1H3. The van der Waals surface area contributed by atoms with Gasteiger partial charge in [0, 0.05) is 46.3 Å². The number of hydrogen-bond acceptors (Lipinski definition) is 7. The van der Waals surface area contributed by atoms with Gasteiger partial charge in [0.1, 0.15) is 11.5 Å². The summed E-state index contributed by atoms with van der Waals surface area (Å²) in [4.78, 5) is 10.2. The van der Waals surface area contributed by atoms with Gasteiger partial charge in [-0.2, -0.15) is 12.6 Å². The molecule has 220 valence electrons. The molecule has 0 fully saturated rings. The Labute approximate surface area is 272 Å². The second-order valence-corrected chi connectivity index (χ2v) is 12.9. The van der Waals surface area contributed by atoms with Gasteiger partial charge in [0.25, 0.3) is 0 Å². The molecular formula is C36H35NO2S4. The van der Waals surface area contributed by atoms with E-state index in [2.05, 4.69) is 109 Å². The van der Waals surface area contributed by atoms with E-state index in [1.807, 2.05) is 72.1 Å². The summed E-state index contributed by atoms with van der Waals surface area (Å²) in [6.07, 6.45) is 1.69. The van der Waals surface area contributed by atoms with E-state index in [1.165, 1.54) is 34.8 Å². The molecule has 0 aliphatic rings. The third-order valence-corrected chi connectivity index (χ3v) is 10.3. The van der Waals surface area contributed by atoms with E-state index in [-0.39, 0.29) is 0 Å². The average Bonchev–Trinajstić information content (AvgIpc) is 3.82. The van der Waals surface area contributed by atoms with Crippen molar-refractivity contribution in [1.82, 2.24) is 0 Å². The molecule has 0 aliphatic heterocycles. The molecule has 0 saturated heterocycles. The first-order valence-corrected chi connectivity index (χ1v) is 17.5. The fourth-order valence-electron chi connectivity index (χ4n) is 4.73. The van der Waals surface area contributed by atoms with Gasteiger partial charge >= 0.3 is 0 Å². The Morgan fingerprint density at radius 1 is 0.488 bits per heavy atom. The van der Waals surface area contributed by atoms with Crippen molar-refractivity contribution in [3.63, 3.8) is 0 Å². The van der Waals surface area contributed by atoms with Crippen molar-refractivity contribution in [2.45, 2.75) is 20.8 Å². The quantitative estimate of drug-likeness (QED) is 0.150. The summed E-state index contributed by atoms with van der Waals surface area (Å²) in [6, 6.07) is 38.7. The van der Waals surface area contributed by atoms with E-state index in [9.17, 15) is 0 Å². The molecule has 0 spiro atoms. The number of aryl methyl sites for hydroxylation is 1. The number of anilines is 3. The summed E-state index contributed by atoms with van der Waals surface area (Å²) in [6.45, 7) is 7.46. The van der Waals surface area contributed by atoms with E-state index < -0.39 is 0 Å². The number of thiophene rings is 3. The normalized spacial score (nSPS) is 10.6. The van der Waals surface area contributed by atoms with Crippen molar-refractivity contribution >= 4 is 63.7 Å². The van der Waals surface area contributed by atoms with E-state index in [1.54, 1.807) is 6.26 Å². The van der Waals surface area contributed by atoms with Gasteiger partial charge in [-0.25, -0.2) is 0 Å². The Balaban J connectivity index is 0.00000180. The summed E-state index contributed by atoms with van der Waals surface area (Å²) in [5, 5.41) is 0. The molecule has 0 atom stereocenters. The van der Waals surface area contributed by atoms with Gasteiger partial charge in [-0.1, -0.05) is 12.1 Å². The van der Waals surface area contributed by atoms with Crippen LogP contribution in [0.15, 0.2) is 109 Å². The first-order chi connectivity index (χ1) is 21.1. The van der Waals surface area contributed by atoms with Crippen molar-refractivity contribution in [2.24, 2.45) is 0 Å². The fraction of sp³-hybridized carbons (Fsp3) is 0.167. The van der Waals surface area contributed by atoms with Crippen LogP contribution in [0.2, 0.25) is 0 Å². The van der Waals surface area contributed by atoms with Crippen molar-refractivity contribution in [1.29, 1.82) is 0 Å².